The molecule has 0 aromatic heterocycles. The van der Waals surface area contributed by atoms with Gasteiger partial charge in [-0.25, -0.2) is 38.5 Å². The fourth-order valence-corrected chi connectivity index (χ4v) is 17.0. The molecule has 23 heteroatoms. The van der Waals surface area contributed by atoms with Gasteiger partial charge in [0.2, 0.25) is 0 Å². The number of carboxylic acids is 2. The van der Waals surface area contributed by atoms with E-state index in [-0.39, 0.29) is 42.8 Å². The van der Waals surface area contributed by atoms with Crippen LogP contribution < -0.4 is 18.9 Å². The number of esters is 5. The summed E-state index contributed by atoms with van der Waals surface area (Å²) in [5.41, 5.74) is 10.2. The number of methoxy groups -OCH3 is 1. The van der Waals surface area contributed by atoms with Crippen LogP contribution in [0.1, 0.15) is 281 Å². The molecular weight excluding hydrogens is 1860 g/mol. The Hall–Kier alpha value is -14.4. The molecule has 2 aliphatic carbocycles. The Balaban J connectivity index is 0.000000203. The van der Waals surface area contributed by atoms with E-state index in [2.05, 4.69) is 32.6 Å². The maximum atomic E-state index is 13.6. The van der Waals surface area contributed by atoms with Crippen LogP contribution in [0.15, 0.2) is 352 Å². The molecule has 766 valence electrons. The number of hydrogen-bond donors (Lipinski definition) is 5. The van der Waals surface area contributed by atoms with E-state index in [0.29, 0.717) is 84.0 Å². The van der Waals surface area contributed by atoms with Gasteiger partial charge in [0.25, 0.3) is 0 Å². The average Bonchev–Trinajstić information content (AvgIpc) is 0.825. The predicted molar refractivity (Wildman–Crippen MR) is 568 cm³/mol. The summed E-state index contributed by atoms with van der Waals surface area (Å²) in [4.78, 5) is 94.4. The number of carbonyl (C=O) groups excluding carboxylic acids is 5. The van der Waals surface area contributed by atoms with Gasteiger partial charge < -0.3 is 63.4 Å². The lowest BCUT2D eigenvalue weighted by molar-refractivity contribution is -0.335. The smallest absolute Gasteiger partial charge is 0.343 e. The van der Waals surface area contributed by atoms with Crippen molar-refractivity contribution in [3.05, 3.63) is 430 Å². The van der Waals surface area contributed by atoms with Crippen LogP contribution in [0, 0.1) is 11.8 Å². The van der Waals surface area contributed by atoms with Crippen molar-refractivity contribution >= 4 is 65.5 Å². The first-order valence-electron chi connectivity index (χ1n) is 50.2. The number of benzene rings is 12. The fourth-order valence-electron chi connectivity index (χ4n) is 16.9. The molecule has 12 aromatic rings. The van der Waals surface area contributed by atoms with E-state index in [1.54, 1.807) is 98.1 Å². The Morgan fingerprint density at radius 2 is 0.753 bits per heavy atom. The molecule has 2 saturated carbocycles. The van der Waals surface area contributed by atoms with Crippen LogP contribution in [0.5, 0.6) is 23.0 Å². The van der Waals surface area contributed by atoms with E-state index in [0.717, 1.165) is 62.9 Å². The summed E-state index contributed by atoms with van der Waals surface area (Å²) >= 11 is 5.41. The summed E-state index contributed by atoms with van der Waals surface area (Å²) in [5.74, 6) is 1.40. The number of alkyl halides is 1. The normalized spacial score (nSPS) is 15.3. The number of aliphatic hydroxyl groups excluding tert-OH is 3. The Bertz CT molecular complexity index is 5800. The molecule has 5 N–H and O–H groups in total. The van der Waals surface area contributed by atoms with Crippen LogP contribution in [0.3, 0.4) is 0 Å². The van der Waals surface area contributed by atoms with Gasteiger partial charge in [0.1, 0.15) is 47.9 Å². The van der Waals surface area contributed by atoms with Crippen molar-refractivity contribution in [1.29, 1.82) is 0 Å². The van der Waals surface area contributed by atoms with E-state index in [1.165, 1.54) is 144 Å². The second-order valence-electron chi connectivity index (χ2n) is 35.5. The SMILES string of the molecule is C=CC(=O)OCCCOc1ccc(/C=C/COO[C@@H](c2ccccc2)[C@@H](OC(=O)c2ccc(OC(=O)c3ccc(OC)cc3)cc2)c2ccccc2)cc1.CCCCCC1CCC(c2ccc(C(=O)O)cc2)CC1.CCCCCC1CCC(c2ccc(C(=O)O[C@@H](c3ccccc3)[C@@H](O)c3ccccc3)cc2)CC1.O=C(O)/C=C\c1ccc(OCCCOC(=O)CCCl)cc1.O[C@@H](c1ccccc1)[C@@H](O)c1ccccc1. The molecule has 14 rings (SSSR count). The molecule has 0 unspecified atom stereocenters. The van der Waals surface area contributed by atoms with Gasteiger partial charge in [-0.15, -0.1) is 11.6 Å². The summed E-state index contributed by atoms with van der Waals surface area (Å²) in [5, 5.41) is 48.5. The molecule has 0 bridgehead atoms. The van der Waals surface area contributed by atoms with Gasteiger partial charge in [-0.3, -0.25) is 4.79 Å². The number of carbonyl (C=O) groups is 7. The molecule has 22 nitrogen and oxygen atoms in total. The Kier molecular flexibility index (Phi) is 50.1. The molecular formula is C123H135ClO22. The van der Waals surface area contributed by atoms with Gasteiger partial charge in [0.05, 0.1) is 62.2 Å². The minimum Gasteiger partial charge on any atom is -0.497 e. The fraction of sp³-hybridized carbons (Fsp3) is 0.309. The quantitative estimate of drug-likeness (QED) is 0.00346. The summed E-state index contributed by atoms with van der Waals surface area (Å²) in [7, 11) is 1.55. The van der Waals surface area contributed by atoms with Crippen LogP contribution in [0.2, 0.25) is 0 Å². The number of hydrogen-bond acceptors (Lipinski definition) is 20. The molecule has 0 aliphatic heterocycles. The molecule has 0 amide bonds. The monoisotopic (exact) mass is 2000 g/mol. The third-order valence-corrected chi connectivity index (χ3v) is 25.2. The molecule has 2 fully saturated rings. The number of aromatic carboxylic acids is 1. The van der Waals surface area contributed by atoms with Gasteiger partial charge in [-0.05, 0) is 234 Å². The van der Waals surface area contributed by atoms with Crippen LogP contribution in [-0.2, 0) is 43.1 Å². The van der Waals surface area contributed by atoms with E-state index in [9.17, 15) is 48.9 Å². The first-order chi connectivity index (χ1) is 71.2. The number of halogens is 1. The van der Waals surface area contributed by atoms with E-state index in [4.69, 9.17) is 69.5 Å². The lowest BCUT2D eigenvalue weighted by Gasteiger charge is -2.29. The third kappa shape index (κ3) is 40.0. The molecule has 0 spiro atoms. The Morgan fingerprint density at radius 3 is 1.16 bits per heavy atom. The number of carboxylic acid groups (broad SMARTS) is 2. The van der Waals surface area contributed by atoms with E-state index in [1.807, 2.05) is 212 Å². The average molecular weight is 2000 g/mol. The molecule has 0 radical (unpaired) electrons. The van der Waals surface area contributed by atoms with Gasteiger partial charge in [-0.1, -0.05) is 314 Å². The van der Waals surface area contributed by atoms with Gasteiger partial charge >= 0.3 is 41.8 Å². The van der Waals surface area contributed by atoms with Gasteiger partial charge in [0.15, 0.2) is 18.3 Å². The molecule has 0 heterocycles. The lowest BCUT2D eigenvalue weighted by atomic mass is 9.77. The Morgan fingerprint density at radius 1 is 0.384 bits per heavy atom. The Labute approximate surface area is 862 Å². The molecule has 2 aliphatic rings. The topological polar surface area (TPSA) is 313 Å². The first-order valence-corrected chi connectivity index (χ1v) is 50.7. The van der Waals surface area contributed by atoms with Crippen molar-refractivity contribution in [1.82, 2.24) is 0 Å². The van der Waals surface area contributed by atoms with Crippen LogP contribution in [0.4, 0.5) is 0 Å². The maximum absolute atomic E-state index is 13.6. The van der Waals surface area contributed by atoms with E-state index < -0.39 is 72.4 Å². The second kappa shape index (κ2) is 64.4. The molecule has 146 heavy (non-hydrogen) atoms. The number of ether oxygens (including phenoxy) is 8. The first kappa shape index (κ1) is 114. The minimum absolute atomic E-state index is 0.108. The highest BCUT2D eigenvalue weighted by atomic mass is 35.5. The minimum atomic E-state index is -0.987. The lowest BCUT2D eigenvalue weighted by Crippen LogP contribution is -2.21. The zero-order valence-electron chi connectivity index (χ0n) is 83.3. The molecule has 12 aromatic carbocycles. The van der Waals surface area contributed by atoms with Crippen molar-refractivity contribution in [2.24, 2.45) is 11.8 Å². The summed E-state index contributed by atoms with van der Waals surface area (Å²) < 4.78 is 43.7. The second-order valence-corrected chi connectivity index (χ2v) is 35.9. The van der Waals surface area contributed by atoms with Crippen LogP contribution in [-0.4, -0.2) is 113 Å². The van der Waals surface area contributed by atoms with Crippen molar-refractivity contribution in [2.75, 3.05) is 46.0 Å². The maximum Gasteiger partial charge on any atom is 0.343 e. The van der Waals surface area contributed by atoms with Crippen LogP contribution >= 0.6 is 11.6 Å². The zero-order valence-corrected chi connectivity index (χ0v) is 84.0. The standard InChI is InChI=1S/C44H40O10.C32H38O3.C18H26O2.C15H17ClO5.C14H14O2/c1-3-40(45)50-30-11-29-49-38-23-17-32(18-24-38)12-10-31-51-54-42(34-15-8-5-9-16-34)41(33-13-6-4-7-14-33)53-44(47)36-21-27-39(28-22-36)52-43(46)35-19-25-37(48-2)26-20-35;1-2-3-6-11-24-16-18-25(19-17-24)26-20-22-29(23-21-26)32(34)35-31(28-14-9-5-10-15-28)30(33)27-12-7-4-8-13-27;1-2-3-4-5-14-6-8-15(9-7-14)16-10-12-17(13-11-16)18(19)20;16-9-8-15(19)21-11-1-10-20-13-5-2-12(3-6-13)4-7-14(17)18;15-13(11-7-3-1-4-8-11)14(16)12-9-5-2-6-10-12/h3-10,12-28,41-42H,1,11,29-31H2,2H3;4-5,7-10,12-15,20-25,30-31,33H,2-3,6,11,16-19H2,1H3;10-15H,2-9H2,1H3,(H,19,20);2-7H,1,8-11H2,(H,17,18);1-10,13-16H/b12-10+;;;7-4-;/t41-,42-;24?,25?,30-,31-;;;13-,14-/m00..0/s1. The summed E-state index contributed by atoms with van der Waals surface area (Å²) in [6, 6.07) is 98.4. The summed E-state index contributed by atoms with van der Waals surface area (Å²) in [6.45, 7) is 9.40. The number of rotatable bonds is 47. The van der Waals surface area contributed by atoms with Gasteiger partial charge in [0, 0.05) is 30.9 Å². The van der Waals surface area contributed by atoms with Crippen molar-refractivity contribution in [3.8, 4) is 23.0 Å². The van der Waals surface area contributed by atoms with Crippen molar-refractivity contribution < 1.29 is 107 Å². The third-order valence-electron chi connectivity index (χ3n) is 25.0. The van der Waals surface area contributed by atoms with Crippen molar-refractivity contribution in [3.63, 3.8) is 0 Å². The highest BCUT2D eigenvalue weighted by molar-refractivity contribution is 6.18. The number of aliphatic hydroxyl groups is 3. The van der Waals surface area contributed by atoms with Gasteiger partial charge in [-0.2, -0.15) is 0 Å². The van der Waals surface area contributed by atoms with Crippen LogP contribution in [0.25, 0.3) is 12.2 Å². The zero-order chi connectivity index (χ0) is 104. The summed E-state index contributed by atoms with van der Waals surface area (Å²) in [6.07, 6.45) is 24.7. The van der Waals surface area contributed by atoms with Crippen molar-refractivity contribution in [2.45, 2.75) is 184 Å². The highest BCUT2D eigenvalue weighted by Crippen LogP contribution is 2.42. The molecule has 6 atom stereocenters. The van der Waals surface area contributed by atoms with E-state index >= 15 is 0 Å². The molecule has 0 saturated heterocycles. The predicted octanol–water partition coefficient (Wildman–Crippen LogP) is 27.3. The number of unbranched alkanes of at least 4 members (excludes halogenated alkanes) is 4. The largest absolute Gasteiger partial charge is 0.497 e. The highest BCUT2D eigenvalue weighted by Gasteiger charge is 2.33. The number of aliphatic carboxylic acids is 1.